The second kappa shape index (κ2) is 6.10. The third-order valence-corrected chi connectivity index (χ3v) is 3.62. The van der Waals surface area contributed by atoms with Crippen LogP contribution in [-0.4, -0.2) is 29.0 Å². The van der Waals surface area contributed by atoms with Gasteiger partial charge in [-0.3, -0.25) is 9.78 Å². The first-order chi connectivity index (χ1) is 10.2. The second-order valence-corrected chi connectivity index (χ2v) is 5.25. The Morgan fingerprint density at radius 2 is 2.19 bits per heavy atom. The highest BCUT2D eigenvalue weighted by Crippen LogP contribution is 2.26. The Morgan fingerprint density at radius 3 is 3.05 bits per heavy atom. The molecule has 0 spiro atoms. The van der Waals surface area contributed by atoms with Crippen molar-refractivity contribution in [1.29, 1.82) is 0 Å². The molecule has 1 aromatic heterocycles. The Labute approximate surface area is 128 Å². The minimum atomic E-state index is 0.0175. The molecule has 1 amide bonds. The third kappa shape index (κ3) is 3.13. The van der Waals surface area contributed by atoms with E-state index in [0.717, 1.165) is 25.1 Å². The van der Waals surface area contributed by atoms with Gasteiger partial charge in [0.25, 0.3) is 0 Å². The van der Waals surface area contributed by atoms with Crippen LogP contribution in [0.4, 0.5) is 11.5 Å². The van der Waals surface area contributed by atoms with Crippen LogP contribution in [0.3, 0.4) is 0 Å². The van der Waals surface area contributed by atoms with Crippen molar-refractivity contribution in [2.45, 2.75) is 12.8 Å². The summed E-state index contributed by atoms with van der Waals surface area (Å²) in [5, 5.41) is 3.27. The van der Waals surface area contributed by atoms with Crippen molar-refractivity contribution in [2.75, 3.05) is 23.3 Å². The summed E-state index contributed by atoms with van der Waals surface area (Å²) in [6.07, 6.45) is 5.01. The Morgan fingerprint density at radius 1 is 1.33 bits per heavy atom. The summed E-state index contributed by atoms with van der Waals surface area (Å²) < 4.78 is 0. The second-order valence-electron chi connectivity index (χ2n) is 4.86. The van der Waals surface area contributed by atoms with Gasteiger partial charge in [-0.15, -0.1) is 0 Å². The van der Waals surface area contributed by atoms with Crippen LogP contribution in [0, 0.1) is 0 Å². The highest BCUT2D eigenvalue weighted by Gasteiger charge is 2.21. The number of nitrogens with zero attached hydrogens (tertiary/aromatic N) is 3. The molecule has 108 valence electrons. The standard InChI is InChI=1S/C15H15ClN4O/c16-13-8-17-9-14(19-13)18-10-15(21)20-7-3-5-11-4-1-2-6-12(11)20/h1-2,4,6,8-9H,3,5,7,10H2,(H,18,19). The highest BCUT2D eigenvalue weighted by atomic mass is 35.5. The van der Waals surface area contributed by atoms with Gasteiger partial charge >= 0.3 is 0 Å². The third-order valence-electron chi connectivity index (χ3n) is 3.44. The molecule has 0 bridgehead atoms. The number of hydrogen-bond donors (Lipinski definition) is 1. The minimum absolute atomic E-state index is 0.0175. The quantitative estimate of drug-likeness (QED) is 0.946. The number of anilines is 2. The smallest absolute Gasteiger partial charge is 0.246 e. The zero-order valence-corrected chi connectivity index (χ0v) is 12.2. The predicted octanol–water partition coefficient (Wildman–Crippen LogP) is 2.52. The summed E-state index contributed by atoms with van der Waals surface area (Å²) >= 11 is 5.77. The van der Waals surface area contributed by atoms with Gasteiger partial charge < -0.3 is 10.2 Å². The van der Waals surface area contributed by atoms with E-state index in [1.54, 1.807) is 6.20 Å². The molecule has 2 heterocycles. The van der Waals surface area contributed by atoms with Crippen LogP contribution in [-0.2, 0) is 11.2 Å². The first kappa shape index (κ1) is 13.8. The van der Waals surface area contributed by atoms with Crippen LogP contribution in [0.15, 0.2) is 36.7 Å². The number of aromatic nitrogens is 2. The normalized spacial score (nSPS) is 13.7. The van der Waals surface area contributed by atoms with E-state index < -0.39 is 0 Å². The van der Waals surface area contributed by atoms with Crippen LogP contribution in [0.1, 0.15) is 12.0 Å². The van der Waals surface area contributed by atoms with Gasteiger partial charge in [-0.2, -0.15) is 0 Å². The molecule has 1 aromatic carbocycles. The zero-order chi connectivity index (χ0) is 14.7. The molecule has 0 saturated heterocycles. The van der Waals surface area contributed by atoms with Crippen molar-refractivity contribution in [2.24, 2.45) is 0 Å². The Balaban J connectivity index is 1.69. The SMILES string of the molecule is O=C(CNc1cncc(Cl)n1)N1CCCc2ccccc21. The Kier molecular flexibility index (Phi) is 4.01. The fraction of sp³-hybridized carbons (Fsp3) is 0.267. The molecule has 2 aromatic rings. The summed E-state index contributed by atoms with van der Waals surface area (Å²) in [7, 11) is 0. The number of carbonyl (C=O) groups is 1. The lowest BCUT2D eigenvalue weighted by Crippen LogP contribution is -2.39. The molecular formula is C15H15ClN4O. The minimum Gasteiger partial charge on any atom is -0.360 e. The Bertz CT molecular complexity index is 662. The fourth-order valence-electron chi connectivity index (χ4n) is 2.48. The van der Waals surface area contributed by atoms with E-state index in [1.165, 1.54) is 11.8 Å². The molecule has 1 aliphatic rings. The summed E-state index contributed by atoms with van der Waals surface area (Å²) in [6.45, 7) is 0.919. The average Bonchev–Trinajstić information content (AvgIpc) is 2.52. The number of para-hydroxylation sites is 1. The summed E-state index contributed by atoms with van der Waals surface area (Å²) in [6, 6.07) is 8.03. The van der Waals surface area contributed by atoms with Crippen molar-refractivity contribution in [1.82, 2.24) is 9.97 Å². The van der Waals surface area contributed by atoms with Crippen LogP contribution in [0.2, 0.25) is 5.15 Å². The molecule has 0 saturated carbocycles. The summed E-state index contributed by atoms with van der Waals surface area (Å²) in [5.74, 6) is 0.519. The van der Waals surface area contributed by atoms with E-state index in [-0.39, 0.29) is 12.5 Å². The van der Waals surface area contributed by atoms with E-state index in [9.17, 15) is 4.79 Å². The van der Waals surface area contributed by atoms with Crippen molar-refractivity contribution in [3.8, 4) is 0 Å². The van der Waals surface area contributed by atoms with Crippen LogP contribution in [0.25, 0.3) is 0 Å². The van der Waals surface area contributed by atoms with Gasteiger partial charge in [0.15, 0.2) is 0 Å². The van der Waals surface area contributed by atoms with Crippen molar-refractivity contribution in [3.63, 3.8) is 0 Å². The van der Waals surface area contributed by atoms with Crippen LogP contribution < -0.4 is 10.2 Å². The number of hydrogen-bond acceptors (Lipinski definition) is 4. The van der Waals surface area contributed by atoms with Gasteiger partial charge in [-0.25, -0.2) is 4.98 Å². The monoisotopic (exact) mass is 302 g/mol. The van der Waals surface area contributed by atoms with Gasteiger partial charge in [0.2, 0.25) is 5.91 Å². The Hall–Kier alpha value is -2.14. The molecule has 0 atom stereocenters. The maximum absolute atomic E-state index is 12.4. The topological polar surface area (TPSA) is 58.1 Å². The lowest BCUT2D eigenvalue weighted by atomic mass is 10.0. The lowest BCUT2D eigenvalue weighted by molar-refractivity contribution is -0.117. The maximum Gasteiger partial charge on any atom is 0.246 e. The predicted molar refractivity (Wildman–Crippen MR) is 82.6 cm³/mol. The van der Waals surface area contributed by atoms with Gasteiger partial charge in [-0.1, -0.05) is 29.8 Å². The van der Waals surface area contributed by atoms with Crippen molar-refractivity contribution >= 4 is 29.0 Å². The molecule has 0 unspecified atom stereocenters. The van der Waals surface area contributed by atoms with Crippen LogP contribution in [0.5, 0.6) is 0 Å². The first-order valence-corrected chi connectivity index (χ1v) is 7.21. The van der Waals surface area contributed by atoms with E-state index in [0.29, 0.717) is 11.0 Å². The fourth-order valence-corrected chi connectivity index (χ4v) is 2.63. The average molecular weight is 303 g/mol. The number of aryl methyl sites for hydroxylation is 1. The number of halogens is 1. The van der Waals surface area contributed by atoms with E-state index in [4.69, 9.17) is 11.6 Å². The van der Waals surface area contributed by atoms with Gasteiger partial charge in [0, 0.05) is 12.2 Å². The molecule has 21 heavy (non-hydrogen) atoms. The van der Waals surface area contributed by atoms with E-state index in [2.05, 4.69) is 21.4 Å². The lowest BCUT2D eigenvalue weighted by Gasteiger charge is -2.29. The molecular weight excluding hydrogens is 288 g/mol. The van der Waals surface area contributed by atoms with Gasteiger partial charge in [-0.05, 0) is 24.5 Å². The molecule has 5 nitrogen and oxygen atoms in total. The number of carbonyl (C=O) groups excluding carboxylic acids is 1. The number of amides is 1. The molecule has 1 N–H and O–H groups in total. The number of benzene rings is 1. The largest absolute Gasteiger partial charge is 0.360 e. The first-order valence-electron chi connectivity index (χ1n) is 6.84. The number of fused-ring (bicyclic) bond motifs is 1. The van der Waals surface area contributed by atoms with Crippen molar-refractivity contribution in [3.05, 3.63) is 47.4 Å². The van der Waals surface area contributed by atoms with E-state index in [1.807, 2.05) is 23.1 Å². The van der Waals surface area contributed by atoms with Crippen LogP contribution >= 0.6 is 11.6 Å². The molecule has 3 rings (SSSR count). The number of nitrogens with one attached hydrogen (secondary N) is 1. The van der Waals surface area contributed by atoms with Gasteiger partial charge in [0.1, 0.15) is 11.0 Å². The molecule has 0 fully saturated rings. The molecule has 0 radical (unpaired) electrons. The zero-order valence-electron chi connectivity index (χ0n) is 11.4. The van der Waals surface area contributed by atoms with Crippen molar-refractivity contribution < 1.29 is 4.79 Å². The maximum atomic E-state index is 12.4. The van der Waals surface area contributed by atoms with E-state index >= 15 is 0 Å². The molecule has 0 aliphatic carbocycles. The summed E-state index contributed by atoms with van der Waals surface area (Å²) in [4.78, 5) is 22.2. The summed E-state index contributed by atoms with van der Waals surface area (Å²) in [5.41, 5.74) is 2.23. The molecule has 1 aliphatic heterocycles. The van der Waals surface area contributed by atoms with Gasteiger partial charge in [0.05, 0.1) is 18.9 Å². The number of rotatable bonds is 3. The molecule has 6 heteroatoms. The highest BCUT2D eigenvalue weighted by molar-refractivity contribution is 6.29.